The molecule has 4 heteroatoms. The Balaban J connectivity index is 1.56. The van der Waals surface area contributed by atoms with E-state index in [1.807, 2.05) is 30.0 Å². The number of nitrogens with zero attached hydrogens (tertiary/aromatic N) is 1. The maximum absolute atomic E-state index is 12.6. The predicted octanol–water partition coefficient (Wildman–Crippen LogP) is 2.05. The quantitative estimate of drug-likeness (QED) is 0.917. The first kappa shape index (κ1) is 13.4. The lowest BCUT2D eigenvalue weighted by atomic mass is 10.0. The number of carbonyl (C=O) groups excluding carboxylic acids is 1. The van der Waals surface area contributed by atoms with Crippen LogP contribution in [0.2, 0.25) is 0 Å². The number of piperidine rings is 1. The van der Waals surface area contributed by atoms with Crippen molar-refractivity contribution < 1.29 is 9.53 Å². The van der Waals surface area contributed by atoms with Crippen molar-refractivity contribution in [1.29, 1.82) is 0 Å². The minimum absolute atomic E-state index is 0.0870. The van der Waals surface area contributed by atoms with E-state index in [0.29, 0.717) is 6.10 Å². The average Bonchev–Trinajstić information content (AvgIpc) is 2.91. The van der Waals surface area contributed by atoms with E-state index >= 15 is 0 Å². The minimum Gasteiger partial charge on any atom is -0.378 e. The smallest absolute Gasteiger partial charge is 0.245 e. The topological polar surface area (TPSA) is 41.6 Å². The fraction of sp³-hybridized carbons (Fsp3) is 0.562. The number of benzene rings is 1. The SMILES string of the molecule is CCOC1CCN(C(=O)C2Cc3ccccc3N2)CC1. The van der Waals surface area contributed by atoms with Crippen molar-refractivity contribution in [2.45, 2.75) is 38.3 Å². The number of nitrogens with one attached hydrogen (secondary N) is 1. The number of carbonyl (C=O) groups is 1. The summed E-state index contributed by atoms with van der Waals surface area (Å²) in [6.07, 6.45) is 3.05. The summed E-state index contributed by atoms with van der Waals surface area (Å²) in [7, 11) is 0. The van der Waals surface area contributed by atoms with Crippen LogP contribution in [-0.2, 0) is 16.0 Å². The van der Waals surface area contributed by atoms with Crippen LogP contribution in [0, 0.1) is 0 Å². The Hall–Kier alpha value is -1.55. The molecule has 0 spiro atoms. The molecule has 1 aromatic rings. The number of hydrogen-bond donors (Lipinski definition) is 1. The number of ether oxygens (including phenoxy) is 1. The van der Waals surface area contributed by atoms with Crippen LogP contribution in [0.4, 0.5) is 5.69 Å². The first-order valence-corrected chi connectivity index (χ1v) is 7.52. The van der Waals surface area contributed by atoms with E-state index in [-0.39, 0.29) is 11.9 Å². The van der Waals surface area contributed by atoms with E-state index in [0.717, 1.165) is 44.6 Å². The molecule has 0 radical (unpaired) electrons. The molecule has 1 fully saturated rings. The van der Waals surface area contributed by atoms with Gasteiger partial charge < -0.3 is 15.0 Å². The molecule has 2 aliphatic heterocycles. The highest BCUT2D eigenvalue weighted by Crippen LogP contribution is 2.26. The van der Waals surface area contributed by atoms with E-state index in [2.05, 4.69) is 11.4 Å². The van der Waals surface area contributed by atoms with Gasteiger partial charge in [0.05, 0.1) is 6.10 Å². The maximum atomic E-state index is 12.6. The molecule has 1 saturated heterocycles. The van der Waals surface area contributed by atoms with Gasteiger partial charge in [-0.05, 0) is 31.4 Å². The number of para-hydroxylation sites is 1. The van der Waals surface area contributed by atoms with Crippen LogP contribution in [0.15, 0.2) is 24.3 Å². The summed E-state index contributed by atoms with van der Waals surface area (Å²) >= 11 is 0. The minimum atomic E-state index is -0.0870. The summed E-state index contributed by atoms with van der Waals surface area (Å²) in [5.74, 6) is 0.233. The number of rotatable bonds is 3. The van der Waals surface area contributed by atoms with Crippen LogP contribution in [0.1, 0.15) is 25.3 Å². The normalized spacial score (nSPS) is 22.4. The summed E-state index contributed by atoms with van der Waals surface area (Å²) in [6.45, 7) is 4.42. The Morgan fingerprint density at radius 3 is 2.80 bits per heavy atom. The average molecular weight is 274 g/mol. The fourth-order valence-electron chi connectivity index (χ4n) is 3.15. The van der Waals surface area contributed by atoms with Gasteiger partial charge in [0.15, 0.2) is 0 Å². The van der Waals surface area contributed by atoms with Crippen molar-refractivity contribution in [2.75, 3.05) is 25.0 Å². The molecule has 1 amide bonds. The van der Waals surface area contributed by atoms with Crippen LogP contribution < -0.4 is 5.32 Å². The Morgan fingerprint density at radius 2 is 2.10 bits per heavy atom. The van der Waals surface area contributed by atoms with Crippen molar-refractivity contribution in [3.05, 3.63) is 29.8 Å². The largest absolute Gasteiger partial charge is 0.378 e. The van der Waals surface area contributed by atoms with E-state index in [9.17, 15) is 4.79 Å². The molecule has 108 valence electrons. The number of fused-ring (bicyclic) bond motifs is 1. The van der Waals surface area contributed by atoms with Gasteiger partial charge in [-0.1, -0.05) is 18.2 Å². The second kappa shape index (κ2) is 5.83. The fourth-order valence-corrected chi connectivity index (χ4v) is 3.15. The summed E-state index contributed by atoms with van der Waals surface area (Å²) in [4.78, 5) is 14.5. The third-order valence-electron chi connectivity index (χ3n) is 4.23. The lowest BCUT2D eigenvalue weighted by molar-refractivity contribution is -0.134. The molecule has 0 aliphatic carbocycles. The molecular weight excluding hydrogens is 252 g/mol. The van der Waals surface area contributed by atoms with Gasteiger partial charge >= 0.3 is 0 Å². The summed E-state index contributed by atoms with van der Waals surface area (Å²) in [5, 5.41) is 3.35. The highest BCUT2D eigenvalue weighted by Gasteiger charge is 2.32. The van der Waals surface area contributed by atoms with Crippen LogP contribution in [0.5, 0.6) is 0 Å². The molecular formula is C16H22N2O2. The summed E-state index contributed by atoms with van der Waals surface area (Å²) in [6, 6.07) is 8.09. The molecule has 4 nitrogen and oxygen atoms in total. The predicted molar refractivity (Wildman–Crippen MR) is 78.8 cm³/mol. The van der Waals surface area contributed by atoms with E-state index < -0.39 is 0 Å². The number of hydrogen-bond acceptors (Lipinski definition) is 3. The maximum Gasteiger partial charge on any atom is 0.245 e. The molecule has 0 saturated carbocycles. The molecule has 3 rings (SSSR count). The van der Waals surface area contributed by atoms with E-state index in [4.69, 9.17) is 4.74 Å². The van der Waals surface area contributed by atoms with Crippen LogP contribution in [-0.4, -0.2) is 42.6 Å². The zero-order valence-electron chi connectivity index (χ0n) is 12.0. The molecule has 1 N–H and O–H groups in total. The second-order valence-electron chi connectivity index (χ2n) is 5.54. The molecule has 20 heavy (non-hydrogen) atoms. The van der Waals surface area contributed by atoms with Gasteiger partial charge in [-0.25, -0.2) is 0 Å². The Morgan fingerprint density at radius 1 is 1.35 bits per heavy atom. The van der Waals surface area contributed by atoms with Crippen molar-refractivity contribution in [1.82, 2.24) is 4.90 Å². The summed E-state index contributed by atoms with van der Waals surface area (Å²) in [5.41, 5.74) is 2.35. The van der Waals surface area contributed by atoms with Crippen molar-refractivity contribution >= 4 is 11.6 Å². The third kappa shape index (κ3) is 2.66. The first-order valence-electron chi connectivity index (χ1n) is 7.52. The number of anilines is 1. The van der Waals surface area contributed by atoms with Gasteiger partial charge in [0.2, 0.25) is 5.91 Å². The zero-order chi connectivity index (χ0) is 13.9. The van der Waals surface area contributed by atoms with Crippen molar-refractivity contribution in [2.24, 2.45) is 0 Å². The molecule has 1 aromatic carbocycles. The van der Waals surface area contributed by atoms with Gasteiger partial charge in [0, 0.05) is 31.8 Å². The molecule has 2 heterocycles. The van der Waals surface area contributed by atoms with Gasteiger partial charge in [-0.2, -0.15) is 0 Å². The molecule has 0 bridgehead atoms. The van der Waals surface area contributed by atoms with Crippen LogP contribution >= 0.6 is 0 Å². The van der Waals surface area contributed by atoms with Gasteiger partial charge in [0.25, 0.3) is 0 Å². The van der Waals surface area contributed by atoms with Gasteiger partial charge in [-0.15, -0.1) is 0 Å². The molecule has 2 aliphatic rings. The lowest BCUT2D eigenvalue weighted by Gasteiger charge is -2.33. The number of likely N-dealkylation sites (tertiary alicyclic amines) is 1. The molecule has 1 atom stereocenters. The highest BCUT2D eigenvalue weighted by molar-refractivity contribution is 5.87. The summed E-state index contributed by atoms with van der Waals surface area (Å²) < 4.78 is 5.63. The van der Waals surface area contributed by atoms with Crippen LogP contribution in [0.25, 0.3) is 0 Å². The van der Waals surface area contributed by atoms with E-state index in [1.165, 1.54) is 5.56 Å². The third-order valence-corrected chi connectivity index (χ3v) is 4.23. The Labute approximate surface area is 120 Å². The van der Waals surface area contributed by atoms with E-state index in [1.54, 1.807) is 0 Å². The standard InChI is InChI=1S/C16H22N2O2/c1-2-20-13-7-9-18(10-8-13)16(19)15-11-12-5-3-4-6-14(12)17-15/h3-6,13,15,17H,2,7-11H2,1H3. The Bertz CT molecular complexity index is 456. The molecule has 0 aromatic heterocycles. The number of amides is 1. The lowest BCUT2D eigenvalue weighted by Crippen LogP contribution is -2.47. The monoisotopic (exact) mass is 274 g/mol. The highest BCUT2D eigenvalue weighted by atomic mass is 16.5. The van der Waals surface area contributed by atoms with Crippen LogP contribution in [0.3, 0.4) is 0 Å². The van der Waals surface area contributed by atoms with Crippen molar-refractivity contribution in [3.8, 4) is 0 Å². The molecule has 1 unspecified atom stereocenters. The Kier molecular flexibility index (Phi) is 3.92. The zero-order valence-corrected chi connectivity index (χ0v) is 12.0. The van der Waals surface area contributed by atoms with Gasteiger partial charge in [-0.3, -0.25) is 4.79 Å². The van der Waals surface area contributed by atoms with Crippen molar-refractivity contribution in [3.63, 3.8) is 0 Å². The second-order valence-corrected chi connectivity index (χ2v) is 5.54. The van der Waals surface area contributed by atoms with Gasteiger partial charge in [0.1, 0.15) is 6.04 Å². The first-order chi connectivity index (χ1) is 9.78.